The van der Waals surface area contributed by atoms with E-state index in [1.165, 1.54) is 23.1 Å². The molecular formula is C13H17F3NO2. The zero-order valence-corrected chi connectivity index (χ0v) is 10.4. The molecular weight excluding hydrogens is 259 g/mol. The molecule has 0 aliphatic rings. The van der Waals surface area contributed by atoms with Crippen molar-refractivity contribution >= 4 is 0 Å². The Hall–Kier alpha value is -1.11. The molecule has 0 aliphatic heterocycles. The second-order valence-corrected chi connectivity index (χ2v) is 4.14. The molecule has 0 bridgehead atoms. The van der Waals surface area contributed by atoms with Gasteiger partial charge in [0.05, 0.1) is 19.8 Å². The number of aliphatic hydroxyl groups excluding tert-OH is 1. The number of alkyl halides is 2. The van der Waals surface area contributed by atoms with Gasteiger partial charge in [0.2, 0.25) is 0 Å². The third kappa shape index (κ3) is 4.81. The van der Waals surface area contributed by atoms with E-state index in [0.29, 0.717) is 0 Å². The molecule has 1 aromatic rings. The van der Waals surface area contributed by atoms with Crippen molar-refractivity contribution in [1.82, 2.24) is 4.90 Å². The summed E-state index contributed by atoms with van der Waals surface area (Å²) >= 11 is 0. The van der Waals surface area contributed by atoms with E-state index in [4.69, 9.17) is 5.11 Å². The molecule has 0 saturated heterocycles. The molecule has 3 nitrogen and oxygen atoms in total. The first-order chi connectivity index (χ1) is 9.10. The van der Waals surface area contributed by atoms with Gasteiger partial charge in [0.25, 0.3) is 6.43 Å². The van der Waals surface area contributed by atoms with Gasteiger partial charge in [-0.1, -0.05) is 18.2 Å². The van der Waals surface area contributed by atoms with E-state index in [1.807, 2.05) is 0 Å². The van der Waals surface area contributed by atoms with Crippen LogP contribution < -0.4 is 0 Å². The van der Waals surface area contributed by atoms with Crippen LogP contribution in [0.1, 0.15) is 18.0 Å². The quantitative estimate of drug-likeness (QED) is 0.791. The van der Waals surface area contributed by atoms with Crippen molar-refractivity contribution in [1.29, 1.82) is 0 Å². The number of aliphatic hydroxyl groups is 1. The van der Waals surface area contributed by atoms with E-state index in [1.54, 1.807) is 6.07 Å². The van der Waals surface area contributed by atoms with Crippen LogP contribution >= 0.6 is 0 Å². The summed E-state index contributed by atoms with van der Waals surface area (Å²) in [5, 5.41) is 19.7. The molecule has 1 aromatic carbocycles. The largest absolute Gasteiger partial charge is 0.395 e. The van der Waals surface area contributed by atoms with Gasteiger partial charge in [-0.3, -0.25) is 4.90 Å². The highest BCUT2D eigenvalue weighted by Crippen LogP contribution is 2.26. The molecule has 0 saturated carbocycles. The molecule has 0 amide bonds. The summed E-state index contributed by atoms with van der Waals surface area (Å²) in [5.41, 5.74) is 0.215. The van der Waals surface area contributed by atoms with E-state index in [9.17, 15) is 18.3 Å². The Morgan fingerprint density at radius 2 is 1.95 bits per heavy atom. The summed E-state index contributed by atoms with van der Waals surface area (Å²) in [6.45, 7) is -1.44. The van der Waals surface area contributed by atoms with Gasteiger partial charge in [-0.2, -0.15) is 0 Å². The van der Waals surface area contributed by atoms with Crippen molar-refractivity contribution in [3.63, 3.8) is 0 Å². The Balaban J connectivity index is 2.98. The van der Waals surface area contributed by atoms with Crippen LogP contribution in [0.4, 0.5) is 13.2 Å². The molecule has 6 heteroatoms. The van der Waals surface area contributed by atoms with Crippen molar-refractivity contribution < 1.29 is 23.4 Å². The topological polar surface area (TPSA) is 43.4 Å². The second kappa shape index (κ2) is 8.14. The first-order valence-corrected chi connectivity index (χ1v) is 6.05. The molecule has 1 atom stereocenters. The third-order valence-electron chi connectivity index (χ3n) is 2.86. The Labute approximate surface area is 110 Å². The highest BCUT2D eigenvalue weighted by atomic mass is 19.3. The fraction of sp³-hybridized carbons (Fsp3) is 0.538. The van der Waals surface area contributed by atoms with Crippen LogP contribution in [0.3, 0.4) is 0 Å². The van der Waals surface area contributed by atoms with Crippen molar-refractivity contribution in [3.05, 3.63) is 35.6 Å². The van der Waals surface area contributed by atoms with Crippen LogP contribution in [-0.4, -0.2) is 42.7 Å². The van der Waals surface area contributed by atoms with E-state index < -0.39 is 31.4 Å². The number of hydrogen-bond acceptors (Lipinski definition) is 2. The smallest absolute Gasteiger partial charge is 0.251 e. The molecule has 107 valence electrons. The van der Waals surface area contributed by atoms with E-state index in [-0.39, 0.29) is 25.1 Å². The zero-order valence-electron chi connectivity index (χ0n) is 10.4. The minimum absolute atomic E-state index is 0.0215. The Morgan fingerprint density at radius 1 is 1.26 bits per heavy atom. The summed E-state index contributed by atoms with van der Waals surface area (Å²) in [6.07, 6.45) is -2.58. The monoisotopic (exact) mass is 276 g/mol. The van der Waals surface area contributed by atoms with Gasteiger partial charge in [-0.25, -0.2) is 18.3 Å². The summed E-state index contributed by atoms with van der Waals surface area (Å²) in [4.78, 5) is 1.25. The summed E-state index contributed by atoms with van der Waals surface area (Å²) in [6, 6.07) is 5.06. The average Bonchev–Trinajstić information content (AvgIpc) is 2.36. The number of hydrogen-bond donors (Lipinski definition) is 1. The standard InChI is InChI=1S/C13H17F3NO2/c14-11-4-2-1-3-10(11)12(5-7-18)17(6-8-19)9-13(15)16/h1-4,12-13,19H,5-9H2. The highest BCUT2D eigenvalue weighted by molar-refractivity contribution is 5.21. The first kappa shape index (κ1) is 15.9. The van der Waals surface area contributed by atoms with Gasteiger partial charge >= 0.3 is 0 Å². The molecule has 1 unspecified atom stereocenters. The van der Waals surface area contributed by atoms with Crippen LogP contribution in [0.15, 0.2) is 24.3 Å². The van der Waals surface area contributed by atoms with Gasteiger partial charge in [-0.05, 0) is 12.5 Å². The summed E-state index contributed by atoms with van der Waals surface area (Å²) < 4.78 is 38.8. The molecule has 1 radical (unpaired) electrons. The molecule has 1 rings (SSSR count). The van der Waals surface area contributed by atoms with Crippen LogP contribution in [-0.2, 0) is 5.11 Å². The molecule has 0 spiro atoms. The molecule has 0 aromatic heterocycles. The van der Waals surface area contributed by atoms with Crippen LogP contribution in [0.2, 0.25) is 0 Å². The Kier molecular flexibility index (Phi) is 6.83. The van der Waals surface area contributed by atoms with E-state index in [2.05, 4.69) is 0 Å². The molecule has 0 aliphatic carbocycles. The predicted molar refractivity (Wildman–Crippen MR) is 64.0 cm³/mol. The van der Waals surface area contributed by atoms with E-state index in [0.717, 1.165) is 0 Å². The molecule has 0 heterocycles. The minimum Gasteiger partial charge on any atom is -0.395 e. The first-order valence-electron chi connectivity index (χ1n) is 6.05. The van der Waals surface area contributed by atoms with Crippen molar-refractivity contribution in [2.45, 2.75) is 18.9 Å². The number of rotatable bonds is 8. The van der Waals surface area contributed by atoms with Gasteiger partial charge in [0.15, 0.2) is 0 Å². The number of halogens is 3. The lowest BCUT2D eigenvalue weighted by Gasteiger charge is -2.31. The number of nitrogens with zero attached hydrogens (tertiary/aromatic N) is 1. The Morgan fingerprint density at radius 3 is 2.47 bits per heavy atom. The normalized spacial score (nSPS) is 13.2. The summed E-state index contributed by atoms with van der Waals surface area (Å²) in [5.74, 6) is -0.529. The van der Waals surface area contributed by atoms with Crippen molar-refractivity contribution in [3.8, 4) is 0 Å². The molecule has 0 fully saturated rings. The lowest BCUT2D eigenvalue weighted by Crippen LogP contribution is -2.36. The van der Waals surface area contributed by atoms with Crippen LogP contribution in [0, 0.1) is 5.82 Å². The van der Waals surface area contributed by atoms with Gasteiger partial charge < -0.3 is 5.11 Å². The van der Waals surface area contributed by atoms with Gasteiger partial charge in [0, 0.05) is 18.2 Å². The maximum absolute atomic E-state index is 13.7. The SMILES string of the molecule is [O]CCC(c1ccccc1F)N(CCO)CC(F)F. The van der Waals surface area contributed by atoms with Crippen LogP contribution in [0.5, 0.6) is 0 Å². The van der Waals surface area contributed by atoms with Crippen LogP contribution in [0.25, 0.3) is 0 Å². The molecule has 19 heavy (non-hydrogen) atoms. The van der Waals surface area contributed by atoms with Crippen molar-refractivity contribution in [2.75, 3.05) is 26.3 Å². The maximum atomic E-state index is 13.7. The van der Waals surface area contributed by atoms with Gasteiger partial charge in [0.1, 0.15) is 5.82 Å². The van der Waals surface area contributed by atoms with E-state index >= 15 is 0 Å². The maximum Gasteiger partial charge on any atom is 0.251 e. The average molecular weight is 276 g/mol. The fourth-order valence-corrected chi connectivity index (χ4v) is 2.07. The third-order valence-corrected chi connectivity index (χ3v) is 2.86. The predicted octanol–water partition coefficient (Wildman–Crippen LogP) is 2.25. The van der Waals surface area contributed by atoms with Gasteiger partial charge in [-0.15, -0.1) is 0 Å². The molecule has 1 N–H and O–H groups in total. The van der Waals surface area contributed by atoms with Crippen molar-refractivity contribution in [2.24, 2.45) is 0 Å². The lowest BCUT2D eigenvalue weighted by molar-refractivity contribution is 0.0408. The highest BCUT2D eigenvalue weighted by Gasteiger charge is 2.24. The minimum atomic E-state index is -2.60. The summed E-state index contributed by atoms with van der Waals surface area (Å²) in [7, 11) is 0. The zero-order chi connectivity index (χ0) is 14.3. The Bertz CT molecular complexity index is 377. The number of benzene rings is 1. The second-order valence-electron chi connectivity index (χ2n) is 4.14. The fourth-order valence-electron chi connectivity index (χ4n) is 2.07. The lowest BCUT2D eigenvalue weighted by atomic mass is 10.0.